The smallest absolute Gasteiger partial charge is 0.173 e. The van der Waals surface area contributed by atoms with Crippen molar-refractivity contribution < 1.29 is 4.74 Å². The predicted octanol–water partition coefficient (Wildman–Crippen LogP) is 4.99. The number of nitrogens with one attached hydrogen (secondary N) is 1. The molecule has 0 aliphatic heterocycles. The molecule has 0 saturated carbocycles. The normalized spacial score (nSPS) is 16.0. The van der Waals surface area contributed by atoms with Crippen LogP contribution < -0.4 is 10.1 Å². The lowest BCUT2D eigenvalue weighted by atomic mass is 9.94. The van der Waals surface area contributed by atoms with Gasteiger partial charge in [0.05, 0.1) is 19.1 Å². The number of hydrogen-bond acceptors (Lipinski definition) is 3. The van der Waals surface area contributed by atoms with Crippen molar-refractivity contribution in [3.63, 3.8) is 0 Å². The second-order valence-corrected chi connectivity index (χ2v) is 7.85. The van der Waals surface area contributed by atoms with Gasteiger partial charge in [0.25, 0.3) is 0 Å². The lowest BCUT2D eigenvalue weighted by Crippen LogP contribution is -2.39. The minimum atomic E-state index is 0.630. The molecule has 0 bridgehead atoms. The molecule has 1 atom stereocenters. The van der Waals surface area contributed by atoms with Gasteiger partial charge >= 0.3 is 0 Å². The van der Waals surface area contributed by atoms with Crippen LogP contribution in [0.25, 0.3) is 0 Å². The van der Waals surface area contributed by atoms with Gasteiger partial charge < -0.3 is 19.5 Å². The zero-order valence-electron chi connectivity index (χ0n) is 16.2. The van der Waals surface area contributed by atoms with E-state index in [9.17, 15) is 0 Å². The molecule has 150 valence electrons. The molecule has 2 aromatic rings. The summed E-state index contributed by atoms with van der Waals surface area (Å²) >= 11 is 11.8. The highest BCUT2D eigenvalue weighted by molar-refractivity contribution is 7.80. The lowest BCUT2D eigenvalue weighted by molar-refractivity contribution is 0.316. The highest BCUT2D eigenvalue weighted by atomic mass is 35.5. The molecule has 0 radical (unpaired) electrons. The van der Waals surface area contributed by atoms with Crippen LogP contribution in [0.4, 0.5) is 5.69 Å². The van der Waals surface area contributed by atoms with Crippen molar-refractivity contribution in [2.45, 2.75) is 32.2 Å². The van der Waals surface area contributed by atoms with Crippen LogP contribution in [-0.2, 0) is 6.54 Å². The molecule has 7 heteroatoms. The Morgan fingerprint density at radius 1 is 1.43 bits per heavy atom. The molecule has 1 N–H and O–H groups in total. The number of thiocarbonyl (C=S) groups is 1. The van der Waals surface area contributed by atoms with Gasteiger partial charge in [0.1, 0.15) is 5.75 Å². The van der Waals surface area contributed by atoms with E-state index in [0.717, 1.165) is 49.7 Å². The first-order valence-corrected chi connectivity index (χ1v) is 10.4. The highest BCUT2D eigenvalue weighted by Gasteiger charge is 2.18. The molecule has 0 spiro atoms. The zero-order valence-corrected chi connectivity index (χ0v) is 17.8. The highest BCUT2D eigenvalue weighted by Crippen LogP contribution is 2.28. The van der Waals surface area contributed by atoms with E-state index in [-0.39, 0.29) is 0 Å². The second-order valence-electron chi connectivity index (χ2n) is 7.03. The molecule has 0 fully saturated rings. The van der Waals surface area contributed by atoms with E-state index in [1.54, 1.807) is 13.2 Å². The number of imidazole rings is 1. The maximum Gasteiger partial charge on any atom is 0.173 e. The van der Waals surface area contributed by atoms with E-state index in [0.29, 0.717) is 16.7 Å². The van der Waals surface area contributed by atoms with Crippen LogP contribution in [-0.4, -0.2) is 39.8 Å². The van der Waals surface area contributed by atoms with Gasteiger partial charge in [0.2, 0.25) is 0 Å². The maximum absolute atomic E-state index is 6.08. The zero-order chi connectivity index (χ0) is 19.8. The molecular formula is C21H27ClN4OS. The van der Waals surface area contributed by atoms with Gasteiger partial charge in [0.15, 0.2) is 5.11 Å². The topological polar surface area (TPSA) is 42.3 Å². The van der Waals surface area contributed by atoms with E-state index in [2.05, 4.69) is 31.9 Å². The summed E-state index contributed by atoms with van der Waals surface area (Å²) in [4.78, 5) is 6.39. The first kappa shape index (κ1) is 20.7. The van der Waals surface area contributed by atoms with Gasteiger partial charge in [-0.25, -0.2) is 4.98 Å². The molecule has 1 aromatic carbocycles. The van der Waals surface area contributed by atoms with Gasteiger partial charge in [-0.05, 0) is 56.0 Å². The van der Waals surface area contributed by atoms with Crippen LogP contribution in [0.5, 0.6) is 5.75 Å². The van der Waals surface area contributed by atoms with Gasteiger partial charge in [-0.15, -0.1) is 0 Å². The van der Waals surface area contributed by atoms with Crippen LogP contribution in [0.2, 0.25) is 5.02 Å². The maximum atomic E-state index is 6.08. The molecule has 0 saturated heterocycles. The standard InChI is InChI=1S/C21H27ClN4OS/c1-27-20-14-18(22)8-9-19(20)24-21(28)26(15-17-6-3-2-4-7-17)12-5-11-25-13-10-23-16-25/h2-3,8-10,13-14,16-17H,4-7,11-12,15H2,1H3,(H,24,28). The number of nitrogens with zero attached hydrogens (tertiary/aromatic N) is 3. The summed E-state index contributed by atoms with van der Waals surface area (Å²) in [5.74, 6) is 1.32. The van der Waals surface area contributed by atoms with E-state index in [1.807, 2.05) is 30.9 Å². The Morgan fingerprint density at radius 3 is 3.04 bits per heavy atom. The monoisotopic (exact) mass is 418 g/mol. The predicted molar refractivity (Wildman–Crippen MR) is 119 cm³/mol. The molecule has 1 aliphatic rings. The first-order valence-electron chi connectivity index (χ1n) is 9.66. The SMILES string of the molecule is COc1cc(Cl)ccc1NC(=S)N(CCCn1ccnc1)CC1CC=CCC1. The van der Waals surface area contributed by atoms with Crippen LogP contribution in [0, 0.1) is 5.92 Å². The van der Waals surface area contributed by atoms with Crippen molar-refractivity contribution in [2.24, 2.45) is 5.92 Å². The number of allylic oxidation sites excluding steroid dienone is 2. The number of aryl methyl sites for hydroxylation is 1. The molecule has 0 amide bonds. The summed E-state index contributed by atoms with van der Waals surface area (Å²) in [6.07, 6.45) is 14.7. The quantitative estimate of drug-likeness (QED) is 0.483. The number of halogens is 1. The summed E-state index contributed by atoms with van der Waals surface area (Å²) in [7, 11) is 1.64. The number of hydrogen-bond donors (Lipinski definition) is 1. The number of aromatic nitrogens is 2. The Bertz CT molecular complexity index is 794. The summed E-state index contributed by atoms with van der Waals surface area (Å²) < 4.78 is 7.54. The van der Waals surface area contributed by atoms with Gasteiger partial charge in [-0.1, -0.05) is 23.8 Å². The van der Waals surface area contributed by atoms with Crippen molar-refractivity contribution in [3.8, 4) is 5.75 Å². The number of anilines is 1. The molecule has 28 heavy (non-hydrogen) atoms. The largest absolute Gasteiger partial charge is 0.495 e. The number of benzene rings is 1. The fourth-order valence-electron chi connectivity index (χ4n) is 3.44. The molecule has 3 rings (SSSR count). The number of ether oxygens (including phenoxy) is 1. The summed E-state index contributed by atoms with van der Waals surface area (Å²) in [5, 5.41) is 4.72. The fourth-order valence-corrected chi connectivity index (χ4v) is 3.87. The third kappa shape index (κ3) is 5.97. The molecule has 1 aromatic heterocycles. The van der Waals surface area contributed by atoms with Crippen LogP contribution in [0.15, 0.2) is 49.1 Å². The number of methoxy groups -OCH3 is 1. The van der Waals surface area contributed by atoms with Crippen molar-refractivity contribution in [3.05, 3.63) is 54.1 Å². The Kier molecular flexibility index (Phi) is 7.74. The summed E-state index contributed by atoms with van der Waals surface area (Å²) in [6.45, 7) is 2.77. The Morgan fingerprint density at radius 2 is 2.32 bits per heavy atom. The number of rotatable bonds is 8. The average molecular weight is 419 g/mol. The van der Waals surface area contributed by atoms with E-state index in [1.165, 1.54) is 6.42 Å². The molecule has 1 heterocycles. The lowest BCUT2D eigenvalue weighted by Gasteiger charge is -2.31. The summed E-state index contributed by atoms with van der Waals surface area (Å²) in [6, 6.07) is 5.53. The molecule has 1 unspecified atom stereocenters. The van der Waals surface area contributed by atoms with Gasteiger partial charge in [-0.3, -0.25) is 0 Å². The second kappa shape index (κ2) is 10.5. The van der Waals surface area contributed by atoms with E-state index < -0.39 is 0 Å². The van der Waals surface area contributed by atoms with E-state index >= 15 is 0 Å². The third-order valence-electron chi connectivity index (χ3n) is 4.95. The Balaban J connectivity index is 1.65. The third-order valence-corrected chi connectivity index (χ3v) is 5.55. The van der Waals surface area contributed by atoms with Crippen LogP contribution in [0.1, 0.15) is 25.7 Å². The summed E-state index contributed by atoms with van der Waals surface area (Å²) in [5.41, 5.74) is 0.833. The fraction of sp³-hybridized carbons (Fsp3) is 0.429. The molecular weight excluding hydrogens is 392 g/mol. The van der Waals surface area contributed by atoms with E-state index in [4.69, 9.17) is 28.6 Å². The molecule has 1 aliphatic carbocycles. The van der Waals surface area contributed by atoms with Crippen molar-refractivity contribution in [2.75, 3.05) is 25.5 Å². The van der Waals surface area contributed by atoms with Gasteiger partial charge in [-0.2, -0.15) is 0 Å². The Labute approximate surface area is 177 Å². The Hall–Kier alpha value is -2.05. The first-order chi connectivity index (χ1) is 13.7. The average Bonchev–Trinajstić information content (AvgIpc) is 3.22. The molecule has 5 nitrogen and oxygen atoms in total. The van der Waals surface area contributed by atoms with Crippen molar-refractivity contribution in [1.82, 2.24) is 14.5 Å². The van der Waals surface area contributed by atoms with Gasteiger partial charge in [0, 0.05) is 43.1 Å². The minimum absolute atomic E-state index is 0.630. The van der Waals surface area contributed by atoms with Crippen LogP contribution in [0.3, 0.4) is 0 Å². The van der Waals surface area contributed by atoms with Crippen LogP contribution >= 0.6 is 23.8 Å². The minimum Gasteiger partial charge on any atom is -0.495 e. The van der Waals surface area contributed by atoms with Crippen molar-refractivity contribution >= 4 is 34.6 Å². The van der Waals surface area contributed by atoms with Crippen molar-refractivity contribution in [1.29, 1.82) is 0 Å².